The molecule has 2 aromatic carbocycles. The Hall–Kier alpha value is -2.47. The summed E-state index contributed by atoms with van der Waals surface area (Å²) in [6.45, 7) is -0.0734. The maximum atomic E-state index is 14.0. The first-order chi connectivity index (χ1) is 10.1. The molecule has 0 aliphatic rings. The molecule has 0 bridgehead atoms. The highest BCUT2D eigenvalue weighted by Crippen LogP contribution is 2.25. The molecule has 0 spiro atoms. The van der Waals surface area contributed by atoms with E-state index in [9.17, 15) is 13.6 Å². The number of halogens is 2. The van der Waals surface area contributed by atoms with Gasteiger partial charge in [0, 0.05) is 17.8 Å². The van der Waals surface area contributed by atoms with Crippen LogP contribution >= 0.6 is 0 Å². The summed E-state index contributed by atoms with van der Waals surface area (Å²) in [5.41, 5.74) is 0.933. The van der Waals surface area contributed by atoms with Crippen molar-refractivity contribution in [3.05, 3.63) is 54.1 Å². The molecule has 21 heavy (non-hydrogen) atoms. The summed E-state index contributed by atoms with van der Waals surface area (Å²) in [7, 11) is 0. The molecule has 0 aliphatic heterocycles. The van der Waals surface area contributed by atoms with Gasteiger partial charge < -0.3 is 15.7 Å². The molecule has 110 valence electrons. The summed E-state index contributed by atoms with van der Waals surface area (Å²) >= 11 is 0. The summed E-state index contributed by atoms with van der Waals surface area (Å²) < 4.78 is 27.2. The van der Waals surface area contributed by atoms with Gasteiger partial charge in [0.15, 0.2) is 0 Å². The third kappa shape index (κ3) is 4.00. The Balaban J connectivity index is 2.16. The molecule has 0 aromatic heterocycles. The average Bonchev–Trinajstić information content (AvgIpc) is 2.45. The van der Waals surface area contributed by atoms with E-state index in [1.54, 1.807) is 6.07 Å². The number of rotatable bonds is 4. The maximum Gasteiger partial charge on any atom is 0.319 e. The molecule has 0 aliphatic carbocycles. The Morgan fingerprint density at radius 3 is 2.62 bits per heavy atom. The number of nitrogens with one attached hydrogen (secondary N) is 2. The van der Waals surface area contributed by atoms with Gasteiger partial charge in [-0.2, -0.15) is 0 Å². The third-order valence-electron chi connectivity index (χ3n) is 2.76. The monoisotopic (exact) mass is 292 g/mol. The van der Waals surface area contributed by atoms with Gasteiger partial charge in [-0.15, -0.1) is 0 Å². The fraction of sp³-hybridized carbons (Fsp3) is 0.133. The van der Waals surface area contributed by atoms with Gasteiger partial charge in [0.05, 0.1) is 6.61 Å². The Bertz CT molecular complexity index is 647. The van der Waals surface area contributed by atoms with E-state index < -0.39 is 17.7 Å². The van der Waals surface area contributed by atoms with Crippen LogP contribution in [0.1, 0.15) is 0 Å². The van der Waals surface area contributed by atoms with Crippen LogP contribution in [0.5, 0.6) is 0 Å². The Labute approximate surface area is 120 Å². The van der Waals surface area contributed by atoms with E-state index in [1.807, 2.05) is 0 Å². The van der Waals surface area contributed by atoms with Crippen LogP contribution in [0.15, 0.2) is 42.5 Å². The molecule has 0 fully saturated rings. The number of amides is 2. The fourth-order valence-corrected chi connectivity index (χ4v) is 1.83. The number of carbonyl (C=O) groups excluding carboxylic acids is 1. The second-order valence-electron chi connectivity index (χ2n) is 4.31. The van der Waals surface area contributed by atoms with E-state index in [2.05, 4.69) is 10.6 Å². The lowest BCUT2D eigenvalue weighted by Crippen LogP contribution is -2.30. The highest BCUT2D eigenvalue weighted by atomic mass is 19.1. The van der Waals surface area contributed by atoms with Crippen LogP contribution in [0.2, 0.25) is 0 Å². The van der Waals surface area contributed by atoms with Crippen molar-refractivity contribution in [3.8, 4) is 11.1 Å². The van der Waals surface area contributed by atoms with Crippen molar-refractivity contribution >= 4 is 11.7 Å². The highest BCUT2D eigenvalue weighted by molar-refractivity contribution is 5.89. The molecule has 0 atom stereocenters. The van der Waals surface area contributed by atoms with E-state index in [4.69, 9.17) is 5.11 Å². The molecule has 0 unspecified atom stereocenters. The molecule has 0 radical (unpaired) electrons. The summed E-state index contributed by atoms with van der Waals surface area (Å²) in [5.74, 6) is -1.02. The molecule has 2 rings (SSSR count). The topological polar surface area (TPSA) is 61.4 Å². The van der Waals surface area contributed by atoms with Crippen LogP contribution in [-0.2, 0) is 0 Å². The number of aliphatic hydroxyl groups excluding tert-OH is 1. The second-order valence-corrected chi connectivity index (χ2v) is 4.31. The largest absolute Gasteiger partial charge is 0.395 e. The molecule has 4 nitrogen and oxygen atoms in total. The van der Waals surface area contributed by atoms with Gasteiger partial charge >= 0.3 is 6.03 Å². The predicted octanol–water partition coefficient (Wildman–Crippen LogP) is 2.75. The van der Waals surface area contributed by atoms with E-state index in [-0.39, 0.29) is 24.4 Å². The van der Waals surface area contributed by atoms with E-state index in [1.165, 1.54) is 30.3 Å². The van der Waals surface area contributed by atoms with Gasteiger partial charge in [0.2, 0.25) is 0 Å². The first kappa shape index (κ1) is 14.9. The van der Waals surface area contributed by atoms with E-state index >= 15 is 0 Å². The van der Waals surface area contributed by atoms with Crippen molar-refractivity contribution < 1.29 is 18.7 Å². The lowest BCUT2D eigenvalue weighted by Gasteiger charge is -2.09. The van der Waals surface area contributed by atoms with Crippen LogP contribution < -0.4 is 10.6 Å². The van der Waals surface area contributed by atoms with Crippen molar-refractivity contribution in [1.29, 1.82) is 0 Å². The number of aliphatic hydroxyl groups is 1. The second kappa shape index (κ2) is 6.81. The van der Waals surface area contributed by atoms with Gasteiger partial charge in [-0.25, -0.2) is 13.6 Å². The van der Waals surface area contributed by atoms with Crippen LogP contribution in [0.25, 0.3) is 11.1 Å². The molecule has 3 N–H and O–H groups in total. The number of hydrogen-bond acceptors (Lipinski definition) is 2. The molecular weight excluding hydrogens is 278 g/mol. The fourth-order valence-electron chi connectivity index (χ4n) is 1.83. The van der Waals surface area contributed by atoms with Crippen molar-refractivity contribution in [2.24, 2.45) is 0 Å². The first-order valence-corrected chi connectivity index (χ1v) is 6.31. The molecule has 0 saturated carbocycles. The normalized spacial score (nSPS) is 10.2. The quantitative estimate of drug-likeness (QED) is 0.811. The molecule has 0 heterocycles. The number of carbonyl (C=O) groups is 1. The highest BCUT2D eigenvalue weighted by Gasteiger charge is 2.08. The zero-order valence-electron chi connectivity index (χ0n) is 11.1. The van der Waals surface area contributed by atoms with E-state index in [0.29, 0.717) is 5.56 Å². The molecule has 0 saturated heterocycles. The first-order valence-electron chi connectivity index (χ1n) is 6.31. The minimum Gasteiger partial charge on any atom is -0.395 e. The molecule has 2 amide bonds. The molecular formula is C15H14F2N2O2. The number of benzene rings is 2. The van der Waals surface area contributed by atoms with Crippen molar-refractivity contribution in [3.63, 3.8) is 0 Å². The summed E-state index contributed by atoms with van der Waals surface area (Å²) in [4.78, 5) is 11.4. The summed E-state index contributed by atoms with van der Waals surface area (Å²) in [5, 5.41) is 13.4. The van der Waals surface area contributed by atoms with Crippen LogP contribution in [0.3, 0.4) is 0 Å². The van der Waals surface area contributed by atoms with Gasteiger partial charge in [-0.05, 0) is 35.9 Å². The van der Waals surface area contributed by atoms with Crippen LogP contribution in [0.4, 0.5) is 19.3 Å². The van der Waals surface area contributed by atoms with Crippen LogP contribution in [-0.4, -0.2) is 24.3 Å². The van der Waals surface area contributed by atoms with Crippen molar-refractivity contribution in [2.45, 2.75) is 0 Å². The number of hydrogen-bond donors (Lipinski definition) is 3. The lowest BCUT2D eigenvalue weighted by atomic mass is 10.0. The predicted molar refractivity (Wildman–Crippen MR) is 75.9 cm³/mol. The maximum absolute atomic E-state index is 14.0. The Morgan fingerprint density at radius 2 is 1.95 bits per heavy atom. The Morgan fingerprint density at radius 1 is 1.14 bits per heavy atom. The SMILES string of the molecule is O=C(NCCO)Nc1ccc(-c2cccc(F)c2)c(F)c1. The van der Waals surface area contributed by atoms with Crippen molar-refractivity contribution in [1.82, 2.24) is 5.32 Å². The average molecular weight is 292 g/mol. The smallest absolute Gasteiger partial charge is 0.319 e. The van der Waals surface area contributed by atoms with Gasteiger partial charge in [-0.1, -0.05) is 12.1 Å². The van der Waals surface area contributed by atoms with E-state index in [0.717, 1.165) is 6.07 Å². The minimum atomic E-state index is -0.569. The van der Waals surface area contributed by atoms with Crippen molar-refractivity contribution in [2.75, 3.05) is 18.5 Å². The summed E-state index contributed by atoms with van der Waals surface area (Å²) in [6, 6.07) is 9.21. The number of anilines is 1. The standard InChI is InChI=1S/C15H14F2N2O2/c16-11-3-1-2-10(8-11)13-5-4-12(9-14(13)17)19-15(21)18-6-7-20/h1-5,8-9,20H,6-7H2,(H2,18,19,21). The zero-order chi connectivity index (χ0) is 15.2. The lowest BCUT2D eigenvalue weighted by molar-refractivity contribution is 0.245. The Kier molecular flexibility index (Phi) is 4.84. The minimum absolute atomic E-state index is 0.107. The van der Waals surface area contributed by atoms with Gasteiger partial charge in [-0.3, -0.25) is 0 Å². The summed E-state index contributed by atoms with van der Waals surface area (Å²) in [6.07, 6.45) is 0. The zero-order valence-corrected chi connectivity index (χ0v) is 11.1. The number of urea groups is 1. The van der Waals surface area contributed by atoms with Crippen LogP contribution in [0, 0.1) is 11.6 Å². The van der Waals surface area contributed by atoms with Gasteiger partial charge in [0.25, 0.3) is 0 Å². The third-order valence-corrected chi connectivity index (χ3v) is 2.76. The van der Waals surface area contributed by atoms with Gasteiger partial charge in [0.1, 0.15) is 11.6 Å². The molecule has 2 aromatic rings. The molecule has 6 heteroatoms.